The standard InChI is InChI=1S/C15H22O.C2H6/c1-10(2)14-7-6-13(8-12(5)16)9-15(14)11(3)4;1-2/h6-7,9-11H,8H2,1-5H3;1-2H3. The monoisotopic (exact) mass is 248 g/mol. The first-order valence-corrected chi connectivity index (χ1v) is 7.04. The third-order valence-electron chi connectivity index (χ3n) is 2.85. The van der Waals surface area contributed by atoms with E-state index in [1.165, 1.54) is 11.1 Å². The fourth-order valence-corrected chi connectivity index (χ4v) is 2.05. The molecule has 0 aliphatic rings. The Morgan fingerprint density at radius 1 is 1.00 bits per heavy atom. The quantitative estimate of drug-likeness (QED) is 0.725. The molecule has 0 radical (unpaired) electrons. The van der Waals surface area contributed by atoms with Gasteiger partial charge in [-0.1, -0.05) is 59.7 Å². The Balaban J connectivity index is 0.00000137. The molecule has 0 aromatic heterocycles. The van der Waals surface area contributed by atoms with Gasteiger partial charge in [-0.3, -0.25) is 4.79 Å². The Bertz CT molecular complexity index is 375. The molecule has 0 amide bonds. The molecule has 0 N–H and O–H groups in total. The molecule has 0 fully saturated rings. The van der Waals surface area contributed by atoms with E-state index < -0.39 is 0 Å². The second-order valence-electron chi connectivity index (χ2n) is 5.15. The van der Waals surface area contributed by atoms with Gasteiger partial charge in [0, 0.05) is 6.42 Å². The van der Waals surface area contributed by atoms with Crippen LogP contribution in [-0.2, 0) is 11.2 Å². The molecule has 0 unspecified atom stereocenters. The first-order chi connectivity index (χ1) is 8.41. The molecule has 0 aliphatic heterocycles. The summed E-state index contributed by atoms with van der Waals surface area (Å²) in [6, 6.07) is 6.46. The fourth-order valence-electron chi connectivity index (χ4n) is 2.05. The second-order valence-corrected chi connectivity index (χ2v) is 5.15. The van der Waals surface area contributed by atoms with Crippen LogP contribution < -0.4 is 0 Å². The Morgan fingerprint density at radius 3 is 1.89 bits per heavy atom. The molecule has 1 aromatic rings. The molecule has 1 heteroatoms. The first kappa shape index (κ1) is 16.9. The highest BCUT2D eigenvalue weighted by atomic mass is 16.1. The maximum absolute atomic E-state index is 11.1. The van der Waals surface area contributed by atoms with Crippen LogP contribution in [0.2, 0.25) is 0 Å². The van der Waals surface area contributed by atoms with Gasteiger partial charge in [0.1, 0.15) is 5.78 Å². The lowest BCUT2D eigenvalue weighted by Gasteiger charge is -2.17. The molecule has 0 spiro atoms. The molecule has 1 aromatic carbocycles. The van der Waals surface area contributed by atoms with Crippen LogP contribution >= 0.6 is 0 Å². The van der Waals surface area contributed by atoms with Crippen LogP contribution in [0.25, 0.3) is 0 Å². The average molecular weight is 248 g/mol. The second kappa shape index (κ2) is 8.07. The van der Waals surface area contributed by atoms with Gasteiger partial charge in [-0.25, -0.2) is 0 Å². The summed E-state index contributed by atoms with van der Waals surface area (Å²) in [5.74, 6) is 1.29. The van der Waals surface area contributed by atoms with Gasteiger partial charge in [0.2, 0.25) is 0 Å². The topological polar surface area (TPSA) is 17.1 Å². The number of benzene rings is 1. The molecule has 102 valence electrons. The van der Waals surface area contributed by atoms with E-state index in [1.54, 1.807) is 6.92 Å². The van der Waals surface area contributed by atoms with Crippen molar-refractivity contribution in [3.05, 3.63) is 34.9 Å². The van der Waals surface area contributed by atoms with Crippen molar-refractivity contribution >= 4 is 5.78 Å². The predicted molar refractivity (Wildman–Crippen MR) is 80.4 cm³/mol. The number of carbonyl (C=O) groups is 1. The van der Waals surface area contributed by atoms with Gasteiger partial charge >= 0.3 is 0 Å². The molecular weight excluding hydrogens is 220 g/mol. The third-order valence-corrected chi connectivity index (χ3v) is 2.85. The zero-order chi connectivity index (χ0) is 14.3. The van der Waals surface area contributed by atoms with Crippen molar-refractivity contribution in [1.82, 2.24) is 0 Å². The number of hydrogen-bond acceptors (Lipinski definition) is 1. The summed E-state index contributed by atoms with van der Waals surface area (Å²) < 4.78 is 0. The summed E-state index contributed by atoms with van der Waals surface area (Å²) in [5.41, 5.74) is 3.93. The fraction of sp³-hybridized carbons (Fsp3) is 0.588. The Hall–Kier alpha value is -1.11. The lowest BCUT2D eigenvalue weighted by atomic mass is 9.88. The molecule has 0 atom stereocenters. The number of ketones is 1. The van der Waals surface area contributed by atoms with Gasteiger partial charge in [-0.2, -0.15) is 0 Å². The molecule has 0 bridgehead atoms. The van der Waals surface area contributed by atoms with Crippen LogP contribution in [0.3, 0.4) is 0 Å². The van der Waals surface area contributed by atoms with Crippen molar-refractivity contribution in [2.45, 2.75) is 66.7 Å². The van der Waals surface area contributed by atoms with Crippen molar-refractivity contribution < 1.29 is 4.79 Å². The third kappa shape index (κ3) is 5.03. The summed E-state index contributed by atoms with van der Waals surface area (Å²) in [4.78, 5) is 11.1. The molecular formula is C17H28O. The van der Waals surface area contributed by atoms with Crippen LogP contribution in [0.1, 0.15) is 77.0 Å². The largest absolute Gasteiger partial charge is 0.300 e. The first-order valence-electron chi connectivity index (χ1n) is 7.04. The summed E-state index contributed by atoms with van der Waals surface area (Å²) in [5, 5.41) is 0. The van der Waals surface area contributed by atoms with Crippen LogP contribution in [0.4, 0.5) is 0 Å². The highest BCUT2D eigenvalue weighted by Crippen LogP contribution is 2.27. The lowest BCUT2D eigenvalue weighted by molar-refractivity contribution is -0.116. The van der Waals surface area contributed by atoms with Gasteiger partial charge in [0.05, 0.1) is 0 Å². The van der Waals surface area contributed by atoms with Crippen LogP contribution in [-0.4, -0.2) is 5.78 Å². The maximum atomic E-state index is 11.1. The molecule has 1 rings (SSSR count). The minimum atomic E-state index is 0.229. The predicted octanol–water partition coefficient (Wildman–Crippen LogP) is 5.09. The van der Waals surface area contributed by atoms with E-state index >= 15 is 0 Å². The van der Waals surface area contributed by atoms with E-state index in [1.807, 2.05) is 13.8 Å². The van der Waals surface area contributed by atoms with Crippen LogP contribution in [0, 0.1) is 0 Å². The minimum Gasteiger partial charge on any atom is -0.300 e. The molecule has 0 aliphatic carbocycles. The highest BCUT2D eigenvalue weighted by molar-refractivity contribution is 5.78. The normalized spacial score (nSPS) is 10.3. The maximum Gasteiger partial charge on any atom is 0.134 e. The highest BCUT2D eigenvalue weighted by Gasteiger charge is 2.11. The van der Waals surface area contributed by atoms with E-state index in [-0.39, 0.29) is 5.78 Å². The number of hydrogen-bond donors (Lipinski definition) is 0. The number of carbonyl (C=O) groups excluding carboxylic acids is 1. The van der Waals surface area contributed by atoms with Gasteiger partial charge in [0.25, 0.3) is 0 Å². The van der Waals surface area contributed by atoms with E-state index in [0.29, 0.717) is 18.3 Å². The Morgan fingerprint density at radius 2 is 1.50 bits per heavy atom. The smallest absolute Gasteiger partial charge is 0.134 e. The zero-order valence-corrected chi connectivity index (χ0v) is 13.0. The van der Waals surface area contributed by atoms with Gasteiger partial charge in [0.15, 0.2) is 0 Å². The van der Waals surface area contributed by atoms with E-state index in [2.05, 4.69) is 45.9 Å². The molecule has 0 heterocycles. The van der Waals surface area contributed by atoms with Gasteiger partial charge < -0.3 is 0 Å². The average Bonchev–Trinajstić information content (AvgIpc) is 2.30. The molecule has 18 heavy (non-hydrogen) atoms. The molecule has 0 saturated carbocycles. The van der Waals surface area contributed by atoms with Crippen LogP contribution in [0.15, 0.2) is 18.2 Å². The summed E-state index contributed by atoms with van der Waals surface area (Å²) in [6.45, 7) is 14.5. The van der Waals surface area contributed by atoms with Crippen molar-refractivity contribution in [1.29, 1.82) is 0 Å². The van der Waals surface area contributed by atoms with Crippen molar-refractivity contribution in [2.75, 3.05) is 0 Å². The van der Waals surface area contributed by atoms with E-state index in [0.717, 1.165) is 5.56 Å². The molecule has 1 nitrogen and oxygen atoms in total. The summed E-state index contributed by atoms with van der Waals surface area (Å²) in [7, 11) is 0. The minimum absolute atomic E-state index is 0.229. The number of Topliss-reactive ketones (excluding diaryl/α,β-unsaturated/α-hetero) is 1. The molecule has 0 saturated heterocycles. The van der Waals surface area contributed by atoms with Crippen molar-refractivity contribution in [3.63, 3.8) is 0 Å². The van der Waals surface area contributed by atoms with Gasteiger partial charge in [-0.05, 0) is 35.4 Å². The Labute approximate surface area is 113 Å². The SMILES string of the molecule is CC.CC(=O)Cc1ccc(C(C)C)c(C(C)C)c1. The van der Waals surface area contributed by atoms with Crippen molar-refractivity contribution in [3.8, 4) is 0 Å². The zero-order valence-electron chi connectivity index (χ0n) is 13.0. The summed E-state index contributed by atoms with van der Waals surface area (Å²) in [6.07, 6.45) is 0.554. The van der Waals surface area contributed by atoms with Crippen molar-refractivity contribution in [2.24, 2.45) is 0 Å². The summed E-state index contributed by atoms with van der Waals surface area (Å²) >= 11 is 0. The Kier molecular flexibility index (Phi) is 7.58. The van der Waals surface area contributed by atoms with E-state index in [4.69, 9.17) is 0 Å². The lowest BCUT2D eigenvalue weighted by Crippen LogP contribution is -2.02. The van der Waals surface area contributed by atoms with Gasteiger partial charge in [-0.15, -0.1) is 0 Å². The van der Waals surface area contributed by atoms with Crippen LogP contribution in [0.5, 0.6) is 0 Å². The van der Waals surface area contributed by atoms with E-state index in [9.17, 15) is 4.79 Å². The number of rotatable bonds is 4.